The minimum absolute atomic E-state index is 0.0234. The molecule has 0 spiro atoms. The number of hydrogen-bond acceptors (Lipinski definition) is 4. The summed E-state index contributed by atoms with van der Waals surface area (Å²) in [6, 6.07) is 0. The highest BCUT2D eigenvalue weighted by atomic mass is 16.5. The minimum Gasteiger partial charge on any atom is -0.388 e. The Morgan fingerprint density at radius 3 is 2.80 bits per heavy atom. The second-order valence-corrected chi connectivity index (χ2v) is 6.25. The van der Waals surface area contributed by atoms with Gasteiger partial charge in [-0.25, -0.2) is 0 Å². The topological polar surface area (TPSA) is 70.6 Å². The lowest BCUT2D eigenvalue weighted by atomic mass is 9.78. The quantitative estimate of drug-likeness (QED) is 0.699. The summed E-state index contributed by atoms with van der Waals surface area (Å²) >= 11 is 0. The number of nitrogens with one attached hydrogen (secondary N) is 2. The molecule has 20 heavy (non-hydrogen) atoms. The summed E-state index contributed by atoms with van der Waals surface area (Å²) in [4.78, 5) is 11.9. The lowest BCUT2D eigenvalue weighted by molar-refractivity contribution is -0.126. The first kappa shape index (κ1) is 15.7. The molecule has 1 atom stereocenters. The van der Waals surface area contributed by atoms with E-state index in [0.717, 1.165) is 44.7 Å². The van der Waals surface area contributed by atoms with E-state index < -0.39 is 5.60 Å². The average molecular weight is 284 g/mol. The van der Waals surface area contributed by atoms with Gasteiger partial charge in [0.05, 0.1) is 24.7 Å². The third-order valence-electron chi connectivity index (χ3n) is 4.65. The van der Waals surface area contributed by atoms with Crippen LogP contribution in [-0.4, -0.2) is 49.0 Å². The third kappa shape index (κ3) is 4.72. The van der Waals surface area contributed by atoms with Crippen molar-refractivity contribution in [2.45, 2.75) is 57.2 Å². The molecule has 3 N–H and O–H groups in total. The molecule has 2 aliphatic rings. The molecular formula is C15H28N2O3. The number of carbonyl (C=O) groups excluding carboxylic acids is 1. The molecule has 1 saturated heterocycles. The number of aliphatic hydroxyl groups is 1. The zero-order valence-electron chi connectivity index (χ0n) is 12.5. The number of morpholine rings is 1. The second kappa shape index (κ2) is 7.38. The fraction of sp³-hybridized carbons (Fsp3) is 0.933. The smallest absolute Gasteiger partial charge is 0.222 e. The second-order valence-electron chi connectivity index (χ2n) is 6.25. The summed E-state index contributed by atoms with van der Waals surface area (Å²) in [5, 5.41) is 16.6. The number of ether oxygens (including phenoxy) is 1. The van der Waals surface area contributed by atoms with Gasteiger partial charge in [-0.1, -0.05) is 13.3 Å². The lowest BCUT2D eigenvalue weighted by Gasteiger charge is -2.36. The largest absolute Gasteiger partial charge is 0.388 e. The van der Waals surface area contributed by atoms with Crippen LogP contribution in [0.5, 0.6) is 0 Å². The molecule has 116 valence electrons. The van der Waals surface area contributed by atoms with Crippen molar-refractivity contribution in [2.24, 2.45) is 5.92 Å². The Morgan fingerprint density at radius 2 is 2.20 bits per heavy atom. The molecular weight excluding hydrogens is 256 g/mol. The van der Waals surface area contributed by atoms with Gasteiger partial charge in [0.25, 0.3) is 0 Å². The van der Waals surface area contributed by atoms with E-state index in [9.17, 15) is 9.90 Å². The molecule has 0 aromatic heterocycles. The van der Waals surface area contributed by atoms with Crippen molar-refractivity contribution in [1.29, 1.82) is 0 Å². The minimum atomic E-state index is -0.701. The van der Waals surface area contributed by atoms with E-state index >= 15 is 0 Å². The molecule has 1 aliphatic carbocycles. The van der Waals surface area contributed by atoms with Crippen LogP contribution in [0, 0.1) is 5.92 Å². The molecule has 0 radical (unpaired) electrons. The van der Waals surface area contributed by atoms with Crippen LogP contribution < -0.4 is 10.6 Å². The molecule has 0 bridgehead atoms. The summed E-state index contributed by atoms with van der Waals surface area (Å²) in [5.41, 5.74) is -0.701. The molecule has 0 aromatic rings. The van der Waals surface area contributed by atoms with Crippen molar-refractivity contribution in [3.05, 3.63) is 0 Å². The fourth-order valence-corrected chi connectivity index (χ4v) is 3.09. The van der Waals surface area contributed by atoms with Gasteiger partial charge in [-0.2, -0.15) is 0 Å². The SMILES string of the molecule is CCC1CCC(O)(CNC(=O)CC2CNCCO2)CC1. The lowest BCUT2D eigenvalue weighted by Crippen LogP contribution is -2.47. The standard InChI is InChI=1S/C15H28N2O3/c1-2-12-3-5-15(19,6-4-12)11-17-14(18)9-13-10-16-7-8-20-13/h12-13,16,19H,2-11H2,1H3,(H,17,18). The molecule has 0 aromatic carbocycles. The van der Waals surface area contributed by atoms with Gasteiger partial charge >= 0.3 is 0 Å². The first-order valence-electron chi connectivity index (χ1n) is 7.93. The van der Waals surface area contributed by atoms with Gasteiger partial charge in [0.2, 0.25) is 5.91 Å². The summed E-state index contributed by atoms with van der Waals surface area (Å²) < 4.78 is 5.51. The molecule has 1 heterocycles. The van der Waals surface area contributed by atoms with E-state index in [1.165, 1.54) is 6.42 Å². The van der Waals surface area contributed by atoms with Crippen molar-refractivity contribution in [3.63, 3.8) is 0 Å². The Hall–Kier alpha value is -0.650. The number of hydrogen-bond donors (Lipinski definition) is 3. The van der Waals surface area contributed by atoms with Crippen molar-refractivity contribution in [1.82, 2.24) is 10.6 Å². The van der Waals surface area contributed by atoms with Crippen molar-refractivity contribution in [2.75, 3.05) is 26.2 Å². The van der Waals surface area contributed by atoms with Crippen LogP contribution in [0.3, 0.4) is 0 Å². The van der Waals surface area contributed by atoms with E-state index in [4.69, 9.17) is 4.74 Å². The maximum absolute atomic E-state index is 11.9. The molecule has 1 saturated carbocycles. The van der Waals surface area contributed by atoms with Crippen LogP contribution in [0.4, 0.5) is 0 Å². The number of carbonyl (C=O) groups is 1. The molecule has 1 aliphatic heterocycles. The summed E-state index contributed by atoms with van der Waals surface area (Å²) in [6.07, 6.45) is 5.27. The Balaban J connectivity index is 1.67. The highest BCUT2D eigenvalue weighted by molar-refractivity contribution is 5.76. The maximum atomic E-state index is 11.9. The zero-order valence-corrected chi connectivity index (χ0v) is 12.5. The van der Waals surface area contributed by atoms with Crippen molar-refractivity contribution >= 4 is 5.91 Å². The van der Waals surface area contributed by atoms with Gasteiger partial charge in [-0.05, 0) is 31.6 Å². The van der Waals surface area contributed by atoms with Crippen LogP contribution in [0.25, 0.3) is 0 Å². The molecule has 5 heteroatoms. The van der Waals surface area contributed by atoms with Gasteiger partial charge in [0.15, 0.2) is 0 Å². The van der Waals surface area contributed by atoms with Crippen molar-refractivity contribution < 1.29 is 14.6 Å². The summed E-state index contributed by atoms with van der Waals surface area (Å²) in [6.45, 7) is 4.84. The predicted octanol–water partition coefficient (Wildman–Crippen LogP) is 0.812. The third-order valence-corrected chi connectivity index (χ3v) is 4.65. The fourth-order valence-electron chi connectivity index (χ4n) is 3.09. The van der Waals surface area contributed by atoms with E-state index in [2.05, 4.69) is 17.6 Å². The van der Waals surface area contributed by atoms with Crippen LogP contribution in [0.2, 0.25) is 0 Å². The van der Waals surface area contributed by atoms with Gasteiger partial charge in [0, 0.05) is 19.6 Å². The van der Waals surface area contributed by atoms with Gasteiger partial charge < -0.3 is 20.5 Å². The summed E-state index contributed by atoms with van der Waals surface area (Å²) in [7, 11) is 0. The Bertz CT molecular complexity index is 308. The van der Waals surface area contributed by atoms with Gasteiger partial charge in [-0.15, -0.1) is 0 Å². The Morgan fingerprint density at radius 1 is 1.45 bits per heavy atom. The normalized spacial score (nSPS) is 34.7. The molecule has 2 rings (SSSR count). The highest BCUT2D eigenvalue weighted by Crippen LogP contribution is 2.33. The first-order chi connectivity index (χ1) is 9.61. The van der Waals surface area contributed by atoms with Gasteiger partial charge in [0.1, 0.15) is 0 Å². The molecule has 1 amide bonds. The highest BCUT2D eigenvalue weighted by Gasteiger charge is 2.33. The summed E-state index contributed by atoms with van der Waals surface area (Å²) in [5.74, 6) is 0.720. The average Bonchev–Trinajstić information content (AvgIpc) is 2.47. The van der Waals surface area contributed by atoms with Crippen LogP contribution in [0.15, 0.2) is 0 Å². The van der Waals surface area contributed by atoms with E-state index in [1.807, 2.05) is 0 Å². The molecule has 5 nitrogen and oxygen atoms in total. The zero-order chi connectivity index (χ0) is 14.4. The van der Waals surface area contributed by atoms with Crippen LogP contribution in [0.1, 0.15) is 45.4 Å². The van der Waals surface area contributed by atoms with E-state index in [1.54, 1.807) is 0 Å². The van der Waals surface area contributed by atoms with Crippen LogP contribution in [-0.2, 0) is 9.53 Å². The first-order valence-corrected chi connectivity index (χ1v) is 7.93. The van der Waals surface area contributed by atoms with Crippen LogP contribution >= 0.6 is 0 Å². The number of rotatable bonds is 5. The predicted molar refractivity (Wildman–Crippen MR) is 77.4 cm³/mol. The van der Waals surface area contributed by atoms with E-state index in [-0.39, 0.29) is 12.0 Å². The molecule has 1 unspecified atom stereocenters. The van der Waals surface area contributed by atoms with Crippen molar-refractivity contribution in [3.8, 4) is 0 Å². The van der Waals surface area contributed by atoms with E-state index in [0.29, 0.717) is 19.6 Å². The number of amides is 1. The maximum Gasteiger partial charge on any atom is 0.222 e. The Kier molecular flexibility index (Phi) is 5.81. The molecule has 2 fully saturated rings. The Labute approximate surface area is 121 Å². The van der Waals surface area contributed by atoms with Gasteiger partial charge in [-0.3, -0.25) is 4.79 Å². The monoisotopic (exact) mass is 284 g/mol.